The maximum absolute atomic E-state index is 14.3. The number of anilines is 1. The molecule has 0 aliphatic rings. The average molecular weight is 400 g/mol. The number of primary amides is 1. The van der Waals surface area contributed by atoms with Crippen LogP contribution in [0.4, 0.5) is 19.0 Å². The minimum Gasteiger partial charge on any atom is -0.368 e. The highest BCUT2D eigenvalue weighted by Gasteiger charge is 2.13. The number of hydrogen-bond acceptors (Lipinski definition) is 4. The molecule has 1 aromatic carbocycles. The Morgan fingerprint density at radius 3 is 2.62 bits per heavy atom. The molecule has 0 bridgehead atoms. The van der Waals surface area contributed by atoms with Gasteiger partial charge in [-0.25, -0.2) is 18.2 Å². The van der Waals surface area contributed by atoms with E-state index in [1.807, 2.05) is 0 Å². The van der Waals surface area contributed by atoms with Crippen molar-refractivity contribution in [2.75, 3.05) is 11.9 Å². The van der Waals surface area contributed by atoms with Crippen molar-refractivity contribution in [1.82, 2.24) is 9.97 Å². The number of halogens is 3. The van der Waals surface area contributed by atoms with Gasteiger partial charge >= 0.3 is 0 Å². The van der Waals surface area contributed by atoms with Gasteiger partial charge in [0.2, 0.25) is 5.91 Å². The standard InChI is InChI=1S/C21H19F3N4O/c22-16(11-19-17(23)5-2-7-26-19)6-8-27-21-18(24)10-15(12-28-21)13-3-1-4-14(9-13)20(25)29/h1-5,7,9-10,12,16H,6,8,11H2,(H2,25,29)(H,27,28)/t16-/m0/s1. The van der Waals surface area contributed by atoms with Crippen LogP contribution in [0.1, 0.15) is 22.5 Å². The zero-order valence-corrected chi connectivity index (χ0v) is 15.4. The first-order valence-electron chi connectivity index (χ1n) is 8.97. The number of carbonyl (C=O) groups excluding carboxylic acids is 1. The van der Waals surface area contributed by atoms with Crippen molar-refractivity contribution in [2.24, 2.45) is 5.73 Å². The molecule has 2 heterocycles. The molecule has 3 aromatic rings. The highest BCUT2D eigenvalue weighted by atomic mass is 19.1. The molecule has 5 nitrogen and oxygen atoms in total. The van der Waals surface area contributed by atoms with Gasteiger partial charge in [-0.15, -0.1) is 0 Å². The lowest BCUT2D eigenvalue weighted by atomic mass is 10.0. The second kappa shape index (κ2) is 9.18. The van der Waals surface area contributed by atoms with Crippen LogP contribution in [-0.4, -0.2) is 28.6 Å². The van der Waals surface area contributed by atoms with E-state index in [1.54, 1.807) is 24.3 Å². The molecular formula is C21H19F3N4O. The Labute approximate surface area is 165 Å². The summed E-state index contributed by atoms with van der Waals surface area (Å²) in [7, 11) is 0. The monoisotopic (exact) mass is 400 g/mol. The summed E-state index contributed by atoms with van der Waals surface area (Å²) in [5.41, 5.74) is 6.70. The van der Waals surface area contributed by atoms with Gasteiger partial charge < -0.3 is 11.1 Å². The number of aromatic nitrogens is 2. The first-order valence-corrected chi connectivity index (χ1v) is 8.97. The lowest BCUT2D eigenvalue weighted by molar-refractivity contribution is 0.100. The molecule has 150 valence electrons. The first-order chi connectivity index (χ1) is 13.9. The SMILES string of the molecule is NC(=O)c1cccc(-c2cnc(NCC[C@H](F)Cc3ncccc3F)c(F)c2)c1. The second-order valence-corrected chi connectivity index (χ2v) is 6.45. The third-order valence-electron chi connectivity index (χ3n) is 4.32. The zero-order valence-electron chi connectivity index (χ0n) is 15.4. The number of nitrogens with one attached hydrogen (secondary N) is 1. The smallest absolute Gasteiger partial charge is 0.248 e. The zero-order chi connectivity index (χ0) is 20.8. The van der Waals surface area contributed by atoms with Crippen molar-refractivity contribution in [3.8, 4) is 11.1 Å². The van der Waals surface area contributed by atoms with Gasteiger partial charge in [0.05, 0.1) is 5.69 Å². The number of amides is 1. The fraction of sp³-hybridized carbons (Fsp3) is 0.190. The Morgan fingerprint density at radius 1 is 1.07 bits per heavy atom. The number of hydrogen-bond donors (Lipinski definition) is 2. The van der Waals surface area contributed by atoms with Crippen LogP contribution in [0.3, 0.4) is 0 Å². The Morgan fingerprint density at radius 2 is 1.90 bits per heavy atom. The minimum atomic E-state index is -1.33. The van der Waals surface area contributed by atoms with E-state index in [2.05, 4.69) is 15.3 Å². The highest BCUT2D eigenvalue weighted by molar-refractivity contribution is 5.94. The van der Waals surface area contributed by atoms with Gasteiger partial charge in [0.15, 0.2) is 11.6 Å². The van der Waals surface area contributed by atoms with Crippen molar-refractivity contribution in [3.05, 3.63) is 77.8 Å². The van der Waals surface area contributed by atoms with Crippen molar-refractivity contribution < 1.29 is 18.0 Å². The maximum Gasteiger partial charge on any atom is 0.248 e. The molecule has 3 rings (SSSR count). The molecule has 1 amide bonds. The van der Waals surface area contributed by atoms with Crippen molar-refractivity contribution >= 4 is 11.7 Å². The second-order valence-electron chi connectivity index (χ2n) is 6.45. The van der Waals surface area contributed by atoms with Gasteiger partial charge in [0.1, 0.15) is 12.0 Å². The van der Waals surface area contributed by atoms with Crippen molar-refractivity contribution in [1.29, 1.82) is 0 Å². The van der Waals surface area contributed by atoms with Crippen LogP contribution in [0.5, 0.6) is 0 Å². The first kappa shape index (κ1) is 20.3. The molecule has 0 saturated heterocycles. The van der Waals surface area contributed by atoms with Crippen LogP contribution in [0.15, 0.2) is 54.9 Å². The molecule has 0 fully saturated rings. The Kier molecular flexibility index (Phi) is 6.43. The Hall–Kier alpha value is -3.42. The van der Waals surface area contributed by atoms with Crippen molar-refractivity contribution in [3.63, 3.8) is 0 Å². The molecule has 0 aliphatic carbocycles. The van der Waals surface area contributed by atoms with E-state index in [0.29, 0.717) is 16.7 Å². The molecule has 8 heteroatoms. The van der Waals surface area contributed by atoms with E-state index in [9.17, 15) is 18.0 Å². The molecule has 29 heavy (non-hydrogen) atoms. The number of nitrogens with zero attached hydrogens (tertiary/aromatic N) is 2. The quantitative estimate of drug-likeness (QED) is 0.601. The van der Waals surface area contributed by atoms with E-state index < -0.39 is 23.7 Å². The van der Waals surface area contributed by atoms with E-state index in [1.165, 1.54) is 30.6 Å². The van der Waals surface area contributed by atoms with E-state index in [-0.39, 0.29) is 30.9 Å². The number of benzene rings is 1. The van der Waals surface area contributed by atoms with E-state index >= 15 is 0 Å². The maximum atomic E-state index is 14.3. The van der Waals surface area contributed by atoms with Gasteiger partial charge in [-0.1, -0.05) is 12.1 Å². The summed E-state index contributed by atoms with van der Waals surface area (Å²) < 4.78 is 41.9. The molecular weight excluding hydrogens is 381 g/mol. The largest absolute Gasteiger partial charge is 0.368 e. The topological polar surface area (TPSA) is 80.9 Å². The van der Waals surface area contributed by atoms with Crippen LogP contribution in [0, 0.1) is 11.6 Å². The summed E-state index contributed by atoms with van der Waals surface area (Å²) in [4.78, 5) is 19.1. The molecule has 1 atom stereocenters. The molecule has 0 aliphatic heterocycles. The summed E-state index contributed by atoms with van der Waals surface area (Å²) >= 11 is 0. The lowest BCUT2D eigenvalue weighted by Crippen LogP contribution is -2.14. The average Bonchev–Trinajstić information content (AvgIpc) is 2.71. The molecule has 0 saturated carbocycles. The van der Waals surface area contributed by atoms with Crippen LogP contribution < -0.4 is 11.1 Å². The fourth-order valence-electron chi connectivity index (χ4n) is 2.81. The number of nitrogens with two attached hydrogens (primary N) is 1. The molecule has 3 N–H and O–H groups in total. The van der Waals surface area contributed by atoms with Crippen molar-refractivity contribution in [2.45, 2.75) is 19.0 Å². The molecule has 0 radical (unpaired) electrons. The molecule has 0 spiro atoms. The van der Waals surface area contributed by atoms with Crippen LogP contribution in [-0.2, 0) is 6.42 Å². The van der Waals surface area contributed by atoms with Crippen LogP contribution in [0.25, 0.3) is 11.1 Å². The van der Waals surface area contributed by atoms with Crippen LogP contribution in [0.2, 0.25) is 0 Å². The van der Waals surface area contributed by atoms with Gasteiger partial charge in [0, 0.05) is 36.5 Å². The minimum absolute atomic E-state index is 0.0176. The third kappa shape index (κ3) is 5.31. The van der Waals surface area contributed by atoms with Gasteiger partial charge in [-0.05, 0) is 42.3 Å². The summed E-state index contributed by atoms with van der Waals surface area (Å²) in [6.45, 7) is 0.121. The number of alkyl halides is 1. The van der Waals surface area contributed by atoms with Gasteiger partial charge in [0.25, 0.3) is 0 Å². The van der Waals surface area contributed by atoms with E-state index in [4.69, 9.17) is 5.73 Å². The van der Waals surface area contributed by atoms with Gasteiger partial charge in [-0.3, -0.25) is 9.78 Å². The number of rotatable bonds is 8. The molecule has 2 aromatic heterocycles. The fourth-order valence-corrected chi connectivity index (χ4v) is 2.81. The highest BCUT2D eigenvalue weighted by Crippen LogP contribution is 2.23. The summed E-state index contributed by atoms with van der Waals surface area (Å²) in [5.74, 6) is -1.76. The normalized spacial score (nSPS) is 11.8. The van der Waals surface area contributed by atoms with Crippen LogP contribution >= 0.6 is 0 Å². The lowest BCUT2D eigenvalue weighted by Gasteiger charge is -2.11. The predicted molar refractivity (Wildman–Crippen MR) is 104 cm³/mol. The number of pyridine rings is 2. The summed E-state index contributed by atoms with van der Waals surface area (Å²) in [5, 5.41) is 2.74. The molecule has 0 unspecified atom stereocenters. The number of carbonyl (C=O) groups is 1. The van der Waals surface area contributed by atoms with Gasteiger partial charge in [-0.2, -0.15) is 0 Å². The van der Waals surface area contributed by atoms with E-state index in [0.717, 1.165) is 0 Å². The predicted octanol–water partition coefficient (Wildman–Crippen LogP) is 3.90. The summed E-state index contributed by atoms with van der Waals surface area (Å²) in [6, 6.07) is 10.4. The third-order valence-corrected chi connectivity index (χ3v) is 4.32. The summed E-state index contributed by atoms with van der Waals surface area (Å²) in [6.07, 6.45) is 1.41. The Bertz CT molecular complexity index is 1010. The Balaban J connectivity index is 1.59.